The third kappa shape index (κ3) is 5.22. The number of amides is 1. The van der Waals surface area contributed by atoms with Crippen LogP contribution in [0, 0.1) is 0 Å². The van der Waals surface area contributed by atoms with E-state index in [0.29, 0.717) is 13.0 Å². The second kappa shape index (κ2) is 8.71. The molecule has 1 amide bonds. The Morgan fingerprint density at radius 1 is 1.11 bits per heavy atom. The van der Waals surface area contributed by atoms with Gasteiger partial charge in [0.25, 0.3) is 0 Å². The topological polar surface area (TPSA) is 91.4 Å². The first-order chi connectivity index (χ1) is 13.1. The van der Waals surface area contributed by atoms with Crippen molar-refractivity contribution >= 4 is 29.0 Å². The van der Waals surface area contributed by atoms with Crippen LogP contribution in [-0.2, 0) is 11.3 Å². The summed E-state index contributed by atoms with van der Waals surface area (Å²) in [6, 6.07) is 16.8. The van der Waals surface area contributed by atoms with Gasteiger partial charge in [0, 0.05) is 17.4 Å². The van der Waals surface area contributed by atoms with Crippen LogP contribution in [0.5, 0.6) is 0 Å². The zero-order chi connectivity index (χ0) is 19.1. The van der Waals surface area contributed by atoms with E-state index in [1.807, 2.05) is 60.7 Å². The predicted octanol–water partition coefficient (Wildman–Crippen LogP) is 4.20. The van der Waals surface area contributed by atoms with Crippen LogP contribution in [0.3, 0.4) is 0 Å². The van der Waals surface area contributed by atoms with Gasteiger partial charge in [-0.05, 0) is 35.7 Å². The maximum atomic E-state index is 11.6. The quantitative estimate of drug-likeness (QED) is 0.548. The molecule has 6 nitrogen and oxygen atoms in total. The molecule has 0 bridgehead atoms. The van der Waals surface area contributed by atoms with Crippen LogP contribution in [0.2, 0.25) is 0 Å². The van der Waals surface area contributed by atoms with E-state index in [1.54, 1.807) is 6.07 Å². The standard InChI is InChI=1S/C21H20N2O4/c24-20(25)19-13-17-12-15(9-10-18(17)23-19)6-4-5-11-22-21(26)27-14-16-7-2-1-3-8-16/h1-4,6-10,12-13,23H,5,11,14H2,(H,22,26)(H,24,25). The lowest BCUT2D eigenvalue weighted by molar-refractivity contribution is 0.0691. The number of fused-ring (bicyclic) bond motifs is 1. The van der Waals surface area contributed by atoms with Gasteiger partial charge in [-0.15, -0.1) is 0 Å². The van der Waals surface area contributed by atoms with Crippen LogP contribution in [0.1, 0.15) is 28.0 Å². The minimum Gasteiger partial charge on any atom is -0.477 e. The molecule has 138 valence electrons. The SMILES string of the molecule is O=C(NCCC=Cc1ccc2[nH]c(C(=O)O)cc2c1)OCc1ccccc1. The molecule has 1 aromatic heterocycles. The second-order valence-corrected chi connectivity index (χ2v) is 6.01. The number of aromatic nitrogens is 1. The number of H-pyrrole nitrogens is 1. The summed E-state index contributed by atoms with van der Waals surface area (Å²) in [6.45, 7) is 0.719. The number of alkyl carbamates (subject to hydrolysis) is 1. The first kappa shape index (κ1) is 18.3. The van der Waals surface area contributed by atoms with Crippen molar-refractivity contribution in [3.63, 3.8) is 0 Å². The van der Waals surface area contributed by atoms with Gasteiger partial charge in [0.15, 0.2) is 0 Å². The normalized spacial score (nSPS) is 11.0. The highest BCUT2D eigenvalue weighted by atomic mass is 16.5. The average Bonchev–Trinajstić information content (AvgIpc) is 3.11. The van der Waals surface area contributed by atoms with E-state index < -0.39 is 12.1 Å². The summed E-state index contributed by atoms with van der Waals surface area (Å²) >= 11 is 0. The highest BCUT2D eigenvalue weighted by Gasteiger charge is 2.07. The van der Waals surface area contributed by atoms with Crippen molar-refractivity contribution in [2.45, 2.75) is 13.0 Å². The van der Waals surface area contributed by atoms with Crippen LogP contribution in [0.25, 0.3) is 17.0 Å². The fraction of sp³-hybridized carbons (Fsp3) is 0.143. The molecule has 3 aromatic rings. The van der Waals surface area contributed by atoms with Gasteiger partial charge < -0.3 is 20.1 Å². The van der Waals surface area contributed by atoms with Crippen molar-refractivity contribution in [1.82, 2.24) is 10.3 Å². The maximum Gasteiger partial charge on any atom is 0.407 e. The molecule has 0 saturated heterocycles. The number of nitrogens with one attached hydrogen (secondary N) is 2. The summed E-state index contributed by atoms with van der Waals surface area (Å²) in [5.41, 5.74) is 2.86. The molecule has 0 spiro atoms. The van der Waals surface area contributed by atoms with E-state index in [-0.39, 0.29) is 12.3 Å². The molecule has 3 rings (SSSR count). The van der Waals surface area contributed by atoms with Gasteiger partial charge in [0.1, 0.15) is 12.3 Å². The minimum absolute atomic E-state index is 0.171. The summed E-state index contributed by atoms with van der Waals surface area (Å²) in [6.07, 6.45) is 4.10. The van der Waals surface area contributed by atoms with Gasteiger partial charge in [-0.2, -0.15) is 0 Å². The molecule has 0 aliphatic rings. The molecule has 6 heteroatoms. The van der Waals surface area contributed by atoms with E-state index in [4.69, 9.17) is 9.84 Å². The summed E-state index contributed by atoms with van der Waals surface area (Å²) in [5.74, 6) is -0.978. The molecule has 3 N–H and O–H groups in total. The maximum absolute atomic E-state index is 11.6. The lowest BCUT2D eigenvalue weighted by atomic mass is 10.1. The lowest BCUT2D eigenvalue weighted by Gasteiger charge is -2.05. The van der Waals surface area contributed by atoms with Gasteiger partial charge >= 0.3 is 12.1 Å². The second-order valence-electron chi connectivity index (χ2n) is 6.01. The Bertz CT molecular complexity index is 961. The first-order valence-corrected chi connectivity index (χ1v) is 8.59. The van der Waals surface area contributed by atoms with Gasteiger partial charge in [-0.3, -0.25) is 0 Å². The highest BCUT2D eigenvalue weighted by Crippen LogP contribution is 2.18. The van der Waals surface area contributed by atoms with Gasteiger partial charge in [0.2, 0.25) is 0 Å². The summed E-state index contributed by atoms with van der Waals surface area (Å²) in [7, 11) is 0. The molecule has 0 atom stereocenters. The Labute approximate surface area is 156 Å². The van der Waals surface area contributed by atoms with Crippen molar-refractivity contribution in [3.8, 4) is 0 Å². The number of rotatable bonds is 7. The number of carboxylic acids is 1. The molecule has 27 heavy (non-hydrogen) atoms. The Morgan fingerprint density at radius 2 is 1.93 bits per heavy atom. The van der Waals surface area contributed by atoms with Gasteiger partial charge in [0.05, 0.1) is 0 Å². The highest BCUT2D eigenvalue weighted by molar-refractivity contribution is 5.94. The monoisotopic (exact) mass is 364 g/mol. The molecule has 2 aromatic carbocycles. The number of aromatic carboxylic acids is 1. The first-order valence-electron chi connectivity index (χ1n) is 8.59. The largest absolute Gasteiger partial charge is 0.477 e. The van der Waals surface area contributed by atoms with E-state index in [0.717, 1.165) is 22.0 Å². The fourth-order valence-electron chi connectivity index (χ4n) is 2.62. The molecule has 0 unspecified atom stereocenters. The zero-order valence-electron chi connectivity index (χ0n) is 14.6. The molecule has 0 aliphatic carbocycles. The van der Waals surface area contributed by atoms with Crippen LogP contribution >= 0.6 is 0 Å². The smallest absolute Gasteiger partial charge is 0.407 e. The molecule has 0 saturated carbocycles. The van der Waals surface area contributed by atoms with E-state index in [1.165, 1.54) is 0 Å². The number of hydrogen-bond donors (Lipinski definition) is 3. The predicted molar refractivity (Wildman–Crippen MR) is 104 cm³/mol. The Kier molecular flexibility index (Phi) is 5.89. The van der Waals surface area contributed by atoms with E-state index in [2.05, 4.69) is 10.3 Å². The number of carbonyl (C=O) groups excluding carboxylic acids is 1. The molecule has 1 heterocycles. The van der Waals surface area contributed by atoms with E-state index >= 15 is 0 Å². The van der Waals surface area contributed by atoms with Crippen LogP contribution < -0.4 is 5.32 Å². The Hall–Kier alpha value is -3.54. The molecule has 0 radical (unpaired) electrons. The number of ether oxygens (including phenoxy) is 1. The minimum atomic E-state index is -0.978. The van der Waals surface area contributed by atoms with Gasteiger partial charge in [-0.1, -0.05) is 48.6 Å². The molecular formula is C21H20N2O4. The van der Waals surface area contributed by atoms with Crippen LogP contribution in [-0.4, -0.2) is 28.7 Å². The van der Waals surface area contributed by atoms with E-state index in [9.17, 15) is 9.59 Å². The molecular weight excluding hydrogens is 344 g/mol. The van der Waals surface area contributed by atoms with Crippen LogP contribution in [0.4, 0.5) is 4.79 Å². The van der Waals surface area contributed by atoms with Crippen molar-refractivity contribution in [3.05, 3.63) is 77.5 Å². The summed E-state index contributed by atoms with van der Waals surface area (Å²) in [4.78, 5) is 25.5. The van der Waals surface area contributed by atoms with Crippen molar-refractivity contribution in [2.75, 3.05) is 6.54 Å². The van der Waals surface area contributed by atoms with Crippen molar-refractivity contribution in [2.24, 2.45) is 0 Å². The summed E-state index contributed by atoms with van der Waals surface area (Å²) in [5, 5.41) is 12.6. The van der Waals surface area contributed by atoms with Crippen molar-refractivity contribution in [1.29, 1.82) is 0 Å². The zero-order valence-corrected chi connectivity index (χ0v) is 14.6. The number of carbonyl (C=O) groups is 2. The third-order valence-corrected chi connectivity index (χ3v) is 3.98. The third-order valence-electron chi connectivity index (χ3n) is 3.98. The Balaban J connectivity index is 1.43. The number of aromatic amines is 1. The number of hydrogen-bond acceptors (Lipinski definition) is 3. The fourth-order valence-corrected chi connectivity index (χ4v) is 2.62. The number of carboxylic acid groups (broad SMARTS) is 1. The van der Waals surface area contributed by atoms with Gasteiger partial charge in [-0.25, -0.2) is 9.59 Å². The Morgan fingerprint density at radius 3 is 2.70 bits per heavy atom. The molecule has 0 aliphatic heterocycles. The number of benzene rings is 2. The average molecular weight is 364 g/mol. The molecule has 0 fully saturated rings. The van der Waals surface area contributed by atoms with Crippen LogP contribution in [0.15, 0.2) is 60.7 Å². The lowest BCUT2D eigenvalue weighted by Crippen LogP contribution is -2.24. The summed E-state index contributed by atoms with van der Waals surface area (Å²) < 4.78 is 5.14. The van der Waals surface area contributed by atoms with Crippen molar-refractivity contribution < 1.29 is 19.4 Å².